The summed E-state index contributed by atoms with van der Waals surface area (Å²) in [6.07, 6.45) is 0.734. The van der Waals surface area contributed by atoms with Crippen molar-refractivity contribution >= 4 is 46.6 Å². The number of aromatic nitrogens is 1. The van der Waals surface area contributed by atoms with Gasteiger partial charge in [0, 0.05) is 71.5 Å². The lowest BCUT2D eigenvalue weighted by molar-refractivity contribution is -0.115. The molecular formula is C35H34ClFN4O3S. The molecule has 1 saturated heterocycles. The van der Waals surface area contributed by atoms with Gasteiger partial charge in [0.25, 0.3) is 11.5 Å². The number of carbonyl (C=O) groups is 2. The van der Waals surface area contributed by atoms with Crippen molar-refractivity contribution in [2.75, 3.05) is 35.6 Å². The molecule has 2 unspecified atom stereocenters. The summed E-state index contributed by atoms with van der Waals surface area (Å²) in [6, 6.07) is 25.2. The highest BCUT2D eigenvalue weighted by molar-refractivity contribution is 7.98. The fourth-order valence-corrected chi connectivity index (χ4v) is 7.35. The number of amides is 2. The number of piperidine rings is 1. The second-order valence-electron chi connectivity index (χ2n) is 11.6. The van der Waals surface area contributed by atoms with E-state index >= 15 is 0 Å². The van der Waals surface area contributed by atoms with E-state index in [1.54, 1.807) is 42.1 Å². The van der Waals surface area contributed by atoms with Crippen LogP contribution in [0.4, 0.5) is 15.8 Å². The Morgan fingerprint density at radius 2 is 1.78 bits per heavy atom. The molecule has 4 aromatic rings. The number of fused-ring (bicyclic) bond motifs is 4. The Hall–Kier alpha value is -4.08. The molecule has 2 aliphatic heterocycles. The molecule has 3 aromatic carbocycles. The van der Waals surface area contributed by atoms with Crippen molar-refractivity contribution < 1.29 is 14.0 Å². The lowest BCUT2D eigenvalue weighted by Crippen LogP contribution is -2.47. The van der Waals surface area contributed by atoms with Crippen LogP contribution in [0.3, 0.4) is 0 Å². The summed E-state index contributed by atoms with van der Waals surface area (Å²) < 4.78 is 16.4. The Kier molecular flexibility index (Phi) is 9.56. The normalized spacial score (nSPS) is 17.0. The van der Waals surface area contributed by atoms with Crippen molar-refractivity contribution in [2.24, 2.45) is 5.92 Å². The van der Waals surface area contributed by atoms with E-state index in [0.717, 1.165) is 29.3 Å². The molecule has 0 spiro atoms. The van der Waals surface area contributed by atoms with Crippen LogP contribution in [0.25, 0.3) is 0 Å². The SMILES string of the molecule is O=C(Cc1c(F)cccc1Cl)Nc1cc(C(=O)NCCSCc2ccccc2)ccc1N1CC2CC(C1)c1cccc(=O)n1C2. The van der Waals surface area contributed by atoms with Gasteiger partial charge in [-0.15, -0.1) is 0 Å². The number of halogens is 2. The summed E-state index contributed by atoms with van der Waals surface area (Å²) in [5.41, 5.74) is 4.06. The molecule has 232 valence electrons. The number of thioether (sulfide) groups is 1. The molecule has 0 aliphatic carbocycles. The quantitative estimate of drug-likeness (QED) is 0.204. The van der Waals surface area contributed by atoms with E-state index in [0.29, 0.717) is 37.4 Å². The first kappa shape index (κ1) is 30.9. The minimum atomic E-state index is -0.547. The third-order valence-corrected chi connectivity index (χ3v) is 9.78. The van der Waals surface area contributed by atoms with Gasteiger partial charge in [-0.3, -0.25) is 14.4 Å². The zero-order valence-electron chi connectivity index (χ0n) is 24.7. The molecule has 2 N–H and O–H groups in total. The predicted molar refractivity (Wildman–Crippen MR) is 179 cm³/mol. The number of anilines is 2. The van der Waals surface area contributed by atoms with Crippen molar-refractivity contribution in [1.29, 1.82) is 0 Å². The Bertz CT molecular complexity index is 1750. The first-order valence-electron chi connectivity index (χ1n) is 15.1. The molecule has 2 atom stereocenters. The van der Waals surface area contributed by atoms with E-state index < -0.39 is 11.7 Å². The number of carbonyl (C=O) groups excluding carboxylic acids is 2. The van der Waals surface area contributed by atoms with Gasteiger partial charge in [0.2, 0.25) is 5.91 Å². The van der Waals surface area contributed by atoms with Crippen LogP contribution in [0.15, 0.2) is 89.7 Å². The van der Waals surface area contributed by atoms with Crippen molar-refractivity contribution in [3.63, 3.8) is 0 Å². The average Bonchev–Trinajstić information content (AvgIpc) is 3.03. The molecule has 2 amide bonds. The molecule has 10 heteroatoms. The molecule has 1 aromatic heterocycles. The standard InChI is InChI=1S/C35H34ClFN4O3S/c36-28-8-4-9-29(37)27(28)18-33(42)39-30-17-25(35(44)38-14-15-45-22-23-6-2-1-3-7-23)12-13-32(30)40-19-24-16-26(21-40)31-10-5-11-34(43)41(31)20-24/h1-13,17,24,26H,14-16,18-22H2,(H,38,44)(H,39,42). The maximum atomic E-state index is 14.5. The summed E-state index contributed by atoms with van der Waals surface area (Å²) in [5, 5.41) is 6.11. The summed E-state index contributed by atoms with van der Waals surface area (Å²) in [7, 11) is 0. The number of pyridine rings is 1. The second kappa shape index (κ2) is 13.9. The zero-order chi connectivity index (χ0) is 31.3. The van der Waals surface area contributed by atoms with Gasteiger partial charge in [-0.1, -0.05) is 54.1 Å². The van der Waals surface area contributed by atoms with E-state index in [1.165, 1.54) is 17.7 Å². The van der Waals surface area contributed by atoms with Gasteiger partial charge in [-0.2, -0.15) is 11.8 Å². The molecule has 2 bridgehead atoms. The Morgan fingerprint density at radius 1 is 0.956 bits per heavy atom. The molecule has 1 fully saturated rings. The van der Waals surface area contributed by atoms with E-state index in [-0.39, 0.29) is 40.3 Å². The Morgan fingerprint density at radius 3 is 2.60 bits per heavy atom. The molecular weight excluding hydrogens is 611 g/mol. The highest BCUT2D eigenvalue weighted by Crippen LogP contribution is 2.39. The lowest BCUT2D eigenvalue weighted by Gasteiger charge is -2.44. The van der Waals surface area contributed by atoms with Gasteiger partial charge in [0.15, 0.2) is 0 Å². The van der Waals surface area contributed by atoms with E-state index in [9.17, 15) is 18.8 Å². The van der Waals surface area contributed by atoms with Gasteiger partial charge in [0.1, 0.15) is 5.82 Å². The summed E-state index contributed by atoms with van der Waals surface area (Å²) in [6.45, 7) is 2.49. The average molecular weight is 645 g/mol. The van der Waals surface area contributed by atoms with Crippen molar-refractivity contribution in [3.05, 3.63) is 129 Å². The fourth-order valence-electron chi connectivity index (χ4n) is 6.31. The molecule has 45 heavy (non-hydrogen) atoms. The van der Waals surface area contributed by atoms with Crippen LogP contribution in [0.1, 0.15) is 39.5 Å². The maximum absolute atomic E-state index is 14.5. The van der Waals surface area contributed by atoms with Gasteiger partial charge in [-0.25, -0.2) is 4.39 Å². The number of nitrogens with zero attached hydrogens (tertiary/aromatic N) is 2. The zero-order valence-corrected chi connectivity index (χ0v) is 26.3. The molecule has 6 rings (SSSR count). The van der Waals surface area contributed by atoms with Gasteiger partial charge in [0.05, 0.1) is 17.8 Å². The minimum Gasteiger partial charge on any atom is -0.369 e. The third-order valence-electron chi connectivity index (χ3n) is 8.40. The van der Waals surface area contributed by atoms with Crippen LogP contribution in [-0.4, -0.2) is 41.8 Å². The van der Waals surface area contributed by atoms with Crippen LogP contribution in [-0.2, 0) is 23.5 Å². The van der Waals surface area contributed by atoms with Gasteiger partial charge >= 0.3 is 0 Å². The topological polar surface area (TPSA) is 83.4 Å². The molecule has 3 heterocycles. The Labute approximate surface area is 270 Å². The first-order chi connectivity index (χ1) is 21.9. The number of benzene rings is 3. The molecule has 0 radical (unpaired) electrons. The molecule has 0 saturated carbocycles. The van der Waals surface area contributed by atoms with Crippen molar-refractivity contribution in [1.82, 2.24) is 9.88 Å². The predicted octanol–water partition coefficient (Wildman–Crippen LogP) is 6.11. The lowest BCUT2D eigenvalue weighted by atomic mass is 9.83. The van der Waals surface area contributed by atoms with Gasteiger partial charge < -0.3 is 20.1 Å². The largest absolute Gasteiger partial charge is 0.369 e. The van der Waals surface area contributed by atoms with Crippen LogP contribution >= 0.6 is 23.4 Å². The summed E-state index contributed by atoms with van der Waals surface area (Å²) >= 11 is 7.94. The maximum Gasteiger partial charge on any atom is 0.251 e. The van der Waals surface area contributed by atoms with Crippen LogP contribution in [0.5, 0.6) is 0 Å². The van der Waals surface area contributed by atoms with Crippen molar-refractivity contribution in [3.8, 4) is 0 Å². The van der Waals surface area contributed by atoms with Gasteiger partial charge in [-0.05, 0) is 54.3 Å². The summed E-state index contributed by atoms with van der Waals surface area (Å²) in [4.78, 5) is 41.2. The number of hydrogen-bond donors (Lipinski definition) is 2. The van der Waals surface area contributed by atoms with Crippen LogP contribution in [0.2, 0.25) is 5.02 Å². The van der Waals surface area contributed by atoms with Crippen LogP contribution in [0, 0.1) is 11.7 Å². The monoisotopic (exact) mass is 644 g/mol. The van der Waals surface area contributed by atoms with Crippen molar-refractivity contribution in [2.45, 2.75) is 31.1 Å². The van der Waals surface area contributed by atoms with Crippen LogP contribution < -0.4 is 21.1 Å². The minimum absolute atomic E-state index is 0.0178. The van der Waals surface area contributed by atoms with E-state index in [2.05, 4.69) is 27.7 Å². The second-order valence-corrected chi connectivity index (χ2v) is 13.1. The third kappa shape index (κ3) is 7.26. The molecule has 2 aliphatic rings. The fraction of sp³-hybridized carbons (Fsp3) is 0.286. The highest BCUT2D eigenvalue weighted by atomic mass is 35.5. The highest BCUT2D eigenvalue weighted by Gasteiger charge is 2.35. The molecule has 7 nitrogen and oxygen atoms in total. The Balaban J connectivity index is 1.20. The number of hydrogen-bond acceptors (Lipinski definition) is 5. The van der Waals surface area contributed by atoms with E-state index in [1.807, 2.05) is 34.9 Å². The number of nitrogens with one attached hydrogen (secondary N) is 2. The number of rotatable bonds is 10. The smallest absolute Gasteiger partial charge is 0.251 e. The first-order valence-corrected chi connectivity index (χ1v) is 16.6. The summed E-state index contributed by atoms with van der Waals surface area (Å²) in [5.74, 6) is 0.814. The van der Waals surface area contributed by atoms with E-state index in [4.69, 9.17) is 11.6 Å².